The molecule has 0 atom stereocenters. The Kier molecular flexibility index (Phi) is 6.13. The van der Waals surface area contributed by atoms with Crippen LogP contribution in [0.25, 0.3) is 0 Å². The molecule has 144 valence electrons. The van der Waals surface area contributed by atoms with Crippen LogP contribution in [0.2, 0.25) is 5.02 Å². The summed E-state index contributed by atoms with van der Waals surface area (Å²) in [5.41, 5.74) is 1.02. The van der Waals surface area contributed by atoms with E-state index >= 15 is 0 Å². The molecular weight excluding hydrogens is 366 g/mol. The lowest BCUT2D eigenvalue weighted by molar-refractivity contribution is 0.0601. The molecule has 1 N–H and O–H groups in total. The standard InChI is InChI=1S/C19H24ClN5O2/c1-4-24-7-9-25(10-8-24)18-12-17(21-13(2)22-18)23-16-11-14(19(26)27-3)5-6-15(16)20/h5-6,11-12H,4,7-10H2,1-3H3,(H,21,22,23). The predicted molar refractivity (Wildman–Crippen MR) is 107 cm³/mol. The van der Waals surface area contributed by atoms with Crippen LogP contribution in [0.5, 0.6) is 0 Å². The molecule has 7 nitrogen and oxygen atoms in total. The number of benzene rings is 1. The third-order valence-corrected chi connectivity index (χ3v) is 4.95. The minimum absolute atomic E-state index is 0.414. The van der Waals surface area contributed by atoms with E-state index in [2.05, 4.69) is 32.0 Å². The third kappa shape index (κ3) is 4.67. The highest BCUT2D eigenvalue weighted by molar-refractivity contribution is 6.33. The van der Waals surface area contributed by atoms with Crippen molar-refractivity contribution in [1.29, 1.82) is 0 Å². The molecule has 0 unspecified atom stereocenters. The zero-order valence-electron chi connectivity index (χ0n) is 15.8. The van der Waals surface area contributed by atoms with Gasteiger partial charge in [0.05, 0.1) is 23.4 Å². The predicted octanol–water partition coefficient (Wildman–Crippen LogP) is 3.11. The lowest BCUT2D eigenvalue weighted by Crippen LogP contribution is -2.46. The zero-order valence-corrected chi connectivity index (χ0v) is 16.6. The van der Waals surface area contributed by atoms with Crippen LogP contribution < -0.4 is 10.2 Å². The average molecular weight is 390 g/mol. The third-order valence-electron chi connectivity index (χ3n) is 4.62. The van der Waals surface area contributed by atoms with E-state index in [-0.39, 0.29) is 0 Å². The van der Waals surface area contributed by atoms with Gasteiger partial charge in [0.1, 0.15) is 17.5 Å². The number of piperazine rings is 1. The van der Waals surface area contributed by atoms with Crippen LogP contribution in [0.15, 0.2) is 24.3 Å². The summed E-state index contributed by atoms with van der Waals surface area (Å²) in [6.07, 6.45) is 0. The van der Waals surface area contributed by atoms with Gasteiger partial charge >= 0.3 is 5.97 Å². The van der Waals surface area contributed by atoms with Crippen molar-refractivity contribution >= 4 is 34.9 Å². The molecule has 0 aliphatic carbocycles. The number of nitrogens with zero attached hydrogens (tertiary/aromatic N) is 4. The van der Waals surface area contributed by atoms with E-state index in [4.69, 9.17) is 16.3 Å². The normalized spacial score (nSPS) is 14.9. The van der Waals surface area contributed by atoms with E-state index in [1.54, 1.807) is 18.2 Å². The highest BCUT2D eigenvalue weighted by Crippen LogP contribution is 2.27. The monoisotopic (exact) mass is 389 g/mol. The number of halogens is 1. The fraction of sp³-hybridized carbons (Fsp3) is 0.421. The maximum Gasteiger partial charge on any atom is 0.337 e. The zero-order chi connectivity index (χ0) is 19.4. The molecule has 2 aromatic rings. The van der Waals surface area contributed by atoms with Gasteiger partial charge in [0.2, 0.25) is 0 Å². The fourth-order valence-electron chi connectivity index (χ4n) is 3.08. The second-order valence-electron chi connectivity index (χ2n) is 6.39. The van der Waals surface area contributed by atoms with Gasteiger partial charge in [-0.3, -0.25) is 0 Å². The SMILES string of the molecule is CCN1CCN(c2cc(Nc3cc(C(=O)OC)ccc3Cl)nc(C)n2)CC1. The van der Waals surface area contributed by atoms with E-state index in [0.717, 1.165) is 38.5 Å². The minimum atomic E-state index is -0.414. The Bertz CT molecular complexity index is 822. The number of hydrogen-bond donors (Lipinski definition) is 1. The Morgan fingerprint density at radius 3 is 2.63 bits per heavy atom. The summed E-state index contributed by atoms with van der Waals surface area (Å²) in [6, 6.07) is 6.86. The van der Waals surface area contributed by atoms with Gasteiger partial charge in [-0.2, -0.15) is 0 Å². The van der Waals surface area contributed by atoms with Crippen molar-refractivity contribution in [3.8, 4) is 0 Å². The van der Waals surface area contributed by atoms with Crippen molar-refractivity contribution in [3.05, 3.63) is 40.7 Å². The molecule has 1 fully saturated rings. The largest absolute Gasteiger partial charge is 0.465 e. The van der Waals surface area contributed by atoms with Gasteiger partial charge in [-0.05, 0) is 31.7 Å². The summed E-state index contributed by atoms with van der Waals surface area (Å²) in [6.45, 7) is 9.02. The second-order valence-corrected chi connectivity index (χ2v) is 6.80. The molecule has 27 heavy (non-hydrogen) atoms. The number of carbonyl (C=O) groups excluding carboxylic acids is 1. The molecule has 1 aromatic carbocycles. The number of ether oxygens (including phenoxy) is 1. The summed E-state index contributed by atoms with van der Waals surface area (Å²) in [7, 11) is 1.35. The molecule has 3 rings (SSSR count). The Balaban J connectivity index is 1.82. The molecule has 1 aliphatic heterocycles. The quantitative estimate of drug-likeness (QED) is 0.788. The van der Waals surface area contributed by atoms with Gasteiger partial charge in [-0.25, -0.2) is 14.8 Å². The Morgan fingerprint density at radius 2 is 1.96 bits per heavy atom. The first-order valence-corrected chi connectivity index (χ1v) is 9.36. The van der Waals surface area contributed by atoms with E-state index in [0.29, 0.717) is 27.9 Å². The number of nitrogens with one attached hydrogen (secondary N) is 1. The first-order chi connectivity index (χ1) is 13.0. The van der Waals surface area contributed by atoms with Gasteiger partial charge < -0.3 is 19.9 Å². The molecule has 0 bridgehead atoms. The van der Waals surface area contributed by atoms with E-state index < -0.39 is 5.97 Å². The van der Waals surface area contributed by atoms with Gasteiger partial charge in [0, 0.05) is 32.2 Å². The topological polar surface area (TPSA) is 70.6 Å². The number of rotatable bonds is 5. The summed E-state index contributed by atoms with van der Waals surface area (Å²) in [4.78, 5) is 25.5. The van der Waals surface area contributed by atoms with Crippen molar-refractivity contribution in [1.82, 2.24) is 14.9 Å². The Hall–Kier alpha value is -2.38. The molecule has 1 aromatic heterocycles. The Morgan fingerprint density at radius 1 is 1.22 bits per heavy atom. The van der Waals surface area contributed by atoms with E-state index in [1.807, 2.05) is 13.0 Å². The van der Waals surface area contributed by atoms with Crippen molar-refractivity contribution in [2.45, 2.75) is 13.8 Å². The first kappa shape index (κ1) is 19.4. The molecule has 8 heteroatoms. The number of aromatic nitrogens is 2. The van der Waals surface area contributed by atoms with Gasteiger partial charge in [0.25, 0.3) is 0 Å². The number of hydrogen-bond acceptors (Lipinski definition) is 7. The van der Waals surface area contributed by atoms with Crippen LogP contribution in [0.3, 0.4) is 0 Å². The van der Waals surface area contributed by atoms with Gasteiger partial charge in [-0.15, -0.1) is 0 Å². The summed E-state index contributed by atoms with van der Waals surface area (Å²) < 4.78 is 4.77. The van der Waals surface area contributed by atoms with Crippen LogP contribution >= 0.6 is 11.6 Å². The van der Waals surface area contributed by atoms with Crippen LogP contribution in [0.1, 0.15) is 23.1 Å². The van der Waals surface area contributed by atoms with E-state index in [1.165, 1.54) is 7.11 Å². The van der Waals surface area contributed by atoms with Crippen molar-refractivity contribution in [3.63, 3.8) is 0 Å². The van der Waals surface area contributed by atoms with E-state index in [9.17, 15) is 4.79 Å². The molecule has 0 spiro atoms. The maximum atomic E-state index is 11.8. The first-order valence-electron chi connectivity index (χ1n) is 8.98. The van der Waals surface area contributed by atoms with Crippen molar-refractivity contribution in [2.75, 3.05) is 50.1 Å². The van der Waals surface area contributed by atoms with Crippen LogP contribution in [0, 0.1) is 6.92 Å². The summed E-state index contributed by atoms with van der Waals surface area (Å²) in [5, 5.41) is 3.70. The molecule has 0 saturated carbocycles. The lowest BCUT2D eigenvalue weighted by Gasteiger charge is -2.34. The van der Waals surface area contributed by atoms with Crippen LogP contribution in [-0.2, 0) is 4.74 Å². The number of esters is 1. The van der Waals surface area contributed by atoms with Crippen LogP contribution in [0.4, 0.5) is 17.3 Å². The number of anilines is 3. The lowest BCUT2D eigenvalue weighted by atomic mass is 10.2. The molecule has 0 amide bonds. The highest BCUT2D eigenvalue weighted by atomic mass is 35.5. The fourth-order valence-corrected chi connectivity index (χ4v) is 3.24. The Labute approximate surface area is 164 Å². The minimum Gasteiger partial charge on any atom is -0.465 e. The second kappa shape index (κ2) is 8.54. The van der Waals surface area contributed by atoms with Crippen LogP contribution in [-0.4, -0.2) is 60.7 Å². The molecule has 0 radical (unpaired) electrons. The van der Waals surface area contributed by atoms with Crippen molar-refractivity contribution < 1.29 is 9.53 Å². The summed E-state index contributed by atoms with van der Waals surface area (Å²) >= 11 is 6.28. The average Bonchev–Trinajstić information content (AvgIpc) is 2.68. The number of carbonyl (C=O) groups is 1. The molecule has 2 heterocycles. The maximum absolute atomic E-state index is 11.8. The molecule has 1 saturated heterocycles. The van der Waals surface area contributed by atoms with Crippen molar-refractivity contribution in [2.24, 2.45) is 0 Å². The highest BCUT2D eigenvalue weighted by Gasteiger charge is 2.18. The molecule has 1 aliphatic rings. The molecular formula is C19H24ClN5O2. The number of aryl methyl sites for hydroxylation is 1. The van der Waals surface area contributed by atoms with Gasteiger partial charge in [0.15, 0.2) is 0 Å². The van der Waals surface area contributed by atoms with Gasteiger partial charge in [-0.1, -0.05) is 18.5 Å². The number of methoxy groups -OCH3 is 1. The smallest absolute Gasteiger partial charge is 0.337 e. The number of likely N-dealkylation sites (N-methyl/N-ethyl adjacent to an activating group) is 1. The summed E-state index contributed by atoms with van der Waals surface area (Å²) in [5.74, 6) is 1.79.